The van der Waals surface area contributed by atoms with Gasteiger partial charge in [0.15, 0.2) is 14.6 Å². The van der Waals surface area contributed by atoms with E-state index in [-0.39, 0.29) is 42.0 Å². The highest BCUT2D eigenvalue weighted by atomic mass is 35.5. The predicted octanol–water partition coefficient (Wildman–Crippen LogP) is 3.26. The zero-order valence-corrected chi connectivity index (χ0v) is 16.6. The molecule has 1 aliphatic rings. The summed E-state index contributed by atoms with van der Waals surface area (Å²) in [7, 11) is -4.24. The molecule has 0 saturated heterocycles. The minimum atomic E-state index is -4.24. The standard InChI is InChI=1S/C18H20ClNO6S/c1-3-25-16(21)14-15(12-10-11(19)6-7-13(12)20-14)27(23,24)18(8-5-9-18)17(22)26-4-2/h6-7,10,20H,3-5,8-9H2,1-2H3. The van der Waals surface area contributed by atoms with Gasteiger partial charge in [-0.05, 0) is 51.3 Å². The van der Waals surface area contributed by atoms with Crippen LogP contribution in [0, 0.1) is 0 Å². The Morgan fingerprint density at radius 2 is 1.85 bits per heavy atom. The molecule has 1 fully saturated rings. The van der Waals surface area contributed by atoms with Crippen LogP contribution in [-0.2, 0) is 24.1 Å². The fourth-order valence-electron chi connectivity index (χ4n) is 3.30. The largest absolute Gasteiger partial charge is 0.465 e. The molecule has 3 rings (SSSR count). The number of benzene rings is 1. The Bertz CT molecular complexity index is 1010. The average molecular weight is 414 g/mol. The second kappa shape index (κ2) is 7.16. The van der Waals surface area contributed by atoms with Gasteiger partial charge in [-0.1, -0.05) is 11.6 Å². The van der Waals surface area contributed by atoms with E-state index in [1.54, 1.807) is 26.0 Å². The van der Waals surface area contributed by atoms with Gasteiger partial charge in [-0.3, -0.25) is 4.79 Å². The highest BCUT2D eigenvalue weighted by Gasteiger charge is 2.58. The Labute approximate surface area is 161 Å². The summed E-state index contributed by atoms with van der Waals surface area (Å²) in [6.45, 7) is 3.39. The van der Waals surface area contributed by atoms with Gasteiger partial charge in [-0.25, -0.2) is 13.2 Å². The van der Waals surface area contributed by atoms with Crippen molar-refractivity contribution in [2.45, 2.75) is 42.8 Å². The number of aromatic amines is 1. The lowest BCUT2D eigenvalue weighted by molar-refractivity contribution is -0.148. The Morgan fingerprint density at radius 3 is 2.41 bits per heavy atom. The third kappa shape index (κ3) is 3.00. The highest BCUT2D eigenvalue weighted by Crippen LogP contribution is 2.46. The van der Waals surface area contributed by atoms with Crippen molar-refractivity contribution in [3.05, 3.63) is 28.9 Å². The number of aromatic nitrogens is 1. The highest BCUT2D eigenvalue weighted by molar-refractivity contribution is 7.94. The summed E-state index contributed by atoms with van der Waals surface area (Å²) in [6.07, 6.45) is 0.864. The van der Waals surface area contributed by atoms with E-state index in [9.17, 15) is 18.0 Å². The van der Waals surface area contributed by atoms with Crippen molar-refractivity contribution in [3.8, 4) is 0 Å². The van der Waals surface area contributed by atoms with E-state index in [0.717, 1.165) is 0 Å². The van der Waals surface area contributed by atoms with Crippen molar-refractivity contribution in [1.82, 2.24) is 4.98 Å². The molecule has 0 spiro atoms. The van der Waals surface area contributed by atoms with Crippen LogP contribution in [-0.4, -0.2) is 43.3 Å². The molecule has 0 bridgehead atoms. The summed E-state index contributed by atoms with van der Waals surface area (Å²) in [5.41, 5.74) is 0.212. The number of hydrogen-bond donors (Lipinski definition) is 1. The zero-order valence-electron chi connectivity index (χ0n) is 15.0. The Hall–Kier alpha value is -2.06. The van der Waals surface area contributed by atoms with Gasteiger partial charge < -0.3 is 14.5 Å². The van der Waals surface area contributed by atoms with Gasteiger partial charge >= 0.3 is 11.9 Å². The lowest BCUT2D eigenvalue weighted by Crippen LogP contribution is -2.53. The molecule has 0 aliphatic heterocycles. The summed E-state index contributed by atoms with van der Waals surface area (Å²) in [4.78, 5) is 27.5. The van der Waals surface area contributed by atoms with Crippen LogP contribution in [0.2, 0.25) is 5.02 Å². The van der Waals surface area contributed by atoms with E-state index in [1.165, 1.54) is 6.07 Å². The lowest BCUT2D eigenvalue weighted by atomic mass is 9.84. The first-order valence-corrected chi connectivity index (χ1v) is 10.5. The van der Waals surface area contributed by atoms with Crippen LogP contribution in [0.5, 0.6) is 0 Å². The number of H-pyrrole nitrogens is 1. The predicted molar refractivity (Wildman–Crippen MR) is 99.7 cm³/mol. The van der Waals surface area contributed by atoms with Gasteiger partial charge in [0.25, 0.3) is 0 Å². The van der Waals surface area contributed by atoms with Gasteiger partial charge in [0.05, 0.1) is 13.2 Å². The SMILES string of the molecule is CCOC(=O)c1[nH]c2ccc(Cl)cc2c1S(=O)(=O)C1(C(=O)OCC)CCC1. The quantitative estimate of drug-likeness (QED) is 0.729. The molecular formula is C18H20ClNO6S. The number of carbonyl (C=O) groups excluding carboxylic acids is 2. The molecule has 1 aromatic carbocycles. The molecular weight excluding hydrogens is 394 g/mol. The lowest BCUT2D eigenvalue weighted by Gasteiger charge is -2.38. The van der Waals surface area contributed by atoms with E-state index < -0.39 is 26.5 Å². The minimum Gasteiger partial charge on any atom is -0.465 e. The van der Waals surface area contributed by atoms with Crippen LogP contribution >= 0.6 is 11.6 Å². The summed E-state index contributed by atoms with van der Waals surface area (Å²) >= 11 is 6.05. The molecule has 1 aliphatic carbocycles. The van der Waals surface area contributed by atoms with Crippen LogP contribution in [0.25, 0.3) is 10.9 Å². The maximum Gasteiger partial charge on any atom is 0.356 e. The van der Waals surface area contributed by atoms with Gasteiger partial charge in [0, 0.05) is 15.9 Å². The van der Waals surface area contributed by atoms with Crippen LogP contribution in [0.4, 0.5) is 0 Å². The summed E-state index contributed by atoms with van der Waals surface area (Å²) in [5, 5.41) is 0.563. The van der Waals surface area contributed by atoms with E-state index in [2.05, 4.69) is 4.98 Å². The third-order valence-corrected chi connectivity index (χ3v) is 7.58. The number of carbonyl (C=O) groups is 2. The second-order valence-electron chi connectivity index (χ2n) is 6.31. The number of halogens is 1. The minimum absolute atomic E-state index is 0.0700. The number of esters is 2. The smallest absolute Gasteiger partial charge is 0.356 e. The first kappa shape index (κ1) is 19.7. The molecule has 0 radical (unpaired) electrons. The van der Waals surface area contributed by atoms with E-state index in [0.29, 0.717) is 17.0 Å². The molecule has 1 saturated carbocycles. The molecule has 0 atom stereocenters. The molecule has 146 valence electrons. The Morgan fingerprint density at radius 1 is 1.19 bits per heavy atom. The molecule has 27 heavy (non-hydrogen) atoms. The van der Waals surface area contributed by atoms with Crippen LogP contribution in [0.15, 0.2) is 23.1 Å². The summed E-state index contributed by atoms with van der Waals surface area (Å²) in [5.74, 6) is -1.59. The van der Waals surface area contributed by atoms with Gasteiger partial charge in [-0.15, -0.1) is 0 Å². The Balaban J connectivity index is 2.28. The van der Waals surface area contributed by atoms with Crippen LogP contribution in [0.1, 0.15) is 43.6 Å². The van der Waals surface area contributed by atoms with Crippen molar-refractivity contribution in [2.24, 2.45) is 0 Å². The van der Waals surface area contributed by atoms with E-state index >= 15 is 0 Å². The van der Waals surface area contributed by atoms with E-state index in [4.69, 9.17) is 21.1 Å². The second-order valence-corrected chi connectivity index (χ2v) is 8.94. The summed E-state index contributed by atoms with van der Waals surface area (Å²) < 4.78 is 35.6. The zero-order chi connectivity index (χ0) is 19.8. The van der Waals surface area contributed by atoms with E-state index in [1.807, 2.05) is 0 Å². The molecule has 0 amide bonds. The van der Waals surface area contributed by atoms with Gasteiger partial charge in [0.1, 0.15) is 10.6 Å². The Kier molecular flexibility index (Phi) is 5.22. The number of ether oxygens (including phenoxy) is 2. The summed E-state index contributed by atoms with van der Waals surface area (Å²) in [6, 6.07) is 4.62. The normalized spacial score (nSPS) is 16.0. The topological polar surface area (TPSA) is 103 Å². The maximum atomic E-state index is 13.6. The molecule has 0 unspecified atom stereocenters. The number of sulfone groups is 1. The molecule has 1 aromatic heterocycles. The van der Waals surface area contributed by atoms with Crippen molar-refractivity contribution in [3.63, 3.8) is 0 Å². The number of hydrogen-bond acceptors (Lipinski definition) is 6. The fraction of sp³-hybridized carbons (Fsp3) is 0.444. The van der Waals surface area contributed by atoms with Crippen LogP contribution < -0.4 is 0 Å². The first-order valence-electron chi connectivity index (χ1n) is 8.68. The van der Waals surface area contributed by atoms with Crippen molar-refractivity contribution >= 4 is 44.3 Å². The van der Waals surface area contributed by atoms with Gasteiger partial charge in [-0.2, -0.15) is 0 Å². The first-order chi connectivity index (χ1) is 12.8. The maximum absolute atomic E-state index is 13.6. The average Bonchev–Trinajstić information content (AvgIpc) is 2.93. The molecule has 9 heteroatoms. The molecule has 1 N–H and O–H groups in total. The fourth-order valence-corrected chi connectivity index (χ4v) is 5.83. The van der Waals surface area contributed by atoms with Crippen molar-refractivity contribution < 1.29 is 27.5 Å². The molecule has 2 aromatic rings. The van der Waals surface area contributed by atoms with Crippen molar-refractivity contribution in [2.75, 3.05) is 13.2 Å². The number of fused-ring (bicyclic) bond motifs is 1. The third-order valence-electron chi connectivity index (χ3n) is 4.78. The monoisotopic (exact) mass is 413 g/mol. The number of rotatable bonds is 6. The van der Waals surface area contributed by atoms with Crippen LogP contribution in [0.3, 0.4) is 0 Å². The number of nitrogens with one attached hydrogen (secondary N) is 1. The van der Waals surface area contributed by atoms with Gasteiger partial charge in [0.2, 0.25) is 0 Å². The molecule has 7 nitrogen and oxygen atoms in total. The molecule has 1 heterocycles. The van der Waals surface area contributed by atoms with Crippen molar-refractivity contribution in [1.29, 1.82) is 0 Å².